The summed E-state index contributed by atoms with van der Waals surface area (Å²) in [5.74, 6) is 0.302. The fourth-order valence-corrected chi connectivity index (χ4v) is 1.74. The zero-order valence-electron chi connectivity index (χ0n) is 10.3. The minimum absolute atomic E-state index is 0.00293. The third-order valence-electron chi connectivity index (χ3n) is 2.90. The van der Waals surface area contributed by atoms with E-state index in [9.17, 15) is 4.79 Å². The summed E-state index contributed by atoms with van der Waals surface area (Å²) in [6.07, 6.45) is 4.18. The second-order valence-electron chi connectivity index (χ2n) is 3.91. The van der Waals surface area contributed by atoms with E-state index in [2.05, 4.69) is 16.8 Å². The summed E-state index contributed by atoms with van der Waals surface area (Å²) in [6.45, 7) is 7.68. The Morgan fingerprint density at radius 2 is 2.00 bits per heavy atom. The second kappa shape index (κ2) is 6.38. The lowest BCUT2D eigenvalue weighted by Crippen LogP contribution is -2.38. The molecule has 0 spiro atoms. The van der Waals surface area contributed by atoms with Gasteiger partial charge in [0.15, 0.2) is 0 Å². The Labute approximate surface area is 97.5 Å². The van der Waals surface area contributed by atoms with Gasteiger partial charge in [-0.05, 0) is 31.2 Å². The summed E-state index contributed by atoms with van der Waals surface area (Å²) in [5.41, 5.74) is 1.20. The largest absolute Gasteiger partial charge is 0.298 e. The number of carbonyl (C=O) groups excluding carboxylic acids is 1. The van der Waals surface area contributed by atoms with Crippen LogP contribution in [0.2, 0.25) is 0 Å². The number of hydrogen-bond donors (Lipinski definition) is 0. The summed E-state index contributed by atoms with van der Waals surface area (Å²) >= 11 is 0. The van der Waals surface area contributed by atoms with Gasteiger partial charge in [0.05, 0.1) is 6.04 Å². The number of hydrogen-bond acceptors (Lipinski definition) is 3. The van der Waals surface area contributed by atoms with Crippen molar-refractivity contribution < 1.29 is 4.79 Å². The van der Waals surface area contributed by atoms with E-state index in [0.29, 0.717) is 12.2 Å². The van der Waals surface area contributed by atoms with Gasteiger partial charge in [-0.2, -0.15) is 0 Å². The predicted molar refractivity (Wildman–Crippen MR) is 65.1 cm³/mol. The molecular formula is C13H20N2O. The van der Waals surface area contributed by atoms with Crippen LogP contribution in [0.4, 0.5) is 0 Å². The average Bonchev–Trinajstić information content (AvgIpc) is 2.35. The average molecular weight is 220 g/mol. The van der Waals surface area contributed by atoms with Crippen molar-refractivity contribution >= 4 is 5.78 Å². The maximum absolute atomic E-state index is 11.6. The van der Waals surface area contributed by atoms with Gasteiger partial charge in [-0.25, -0.2) is 0 Å². The van der Waals surface area contributed by atoms with Crippen molar-refractivity contribution in [3.05, 3.63) is 30.1 Å². The van der Waals surface area contributed by atoms with Gasteiger partial charge in [-0.1, -0.05) is 13.8 Å². The van der Waals surface area contributed by atoms with Crippen molar-refractivity contribution in [3.8, 4) is 0 Å². The summed E-state index contributed by atoms with van der Waals surface area (Å²) in [7, 11) is 0. The zero-order valence-corrected chi connectivity index (χ0v) is 10.3. The van der Waals surface area contributed by atoms with Gasteiger partial charge in [-0.3, -0.25) is 14.7 Å². The highest BCUT2D eigenvalue weighted by Crippen LogP contribution is 2.09. The van der Waals surface area contributed by atoms with Gasteiger partial charge in [0.25, 0.3) is 0 Å². The number of nitrogens with zero attached hydrogens (tertiary/aromatic N) is 2. The molecule has 1 aromatic rings. The number of Topliss-reactive ketones (excluding diaryl/α,β-unsaturated/α-hetero) is 1. The van der Waals surface area contributed by atoms with Crippen LogP contribution in [0.15, 0.2) is 24.5 Å². The van der Waals surface area contributed by atoms with Crippen LogP contribution in [0.25, 0.3) is 0 Å². The predicted octanol–water partition coefficient (Wildman–Crippen LogP) is 2.27. The molecule has 3 heteroatoms. The fraction of sp³-hybridized carbons (Fsp3) is 0.538. The van der Waals surface area contributed by atoms with E-state index in [1.54, 1.807) is 12.4 Å². The maximum atomic E-state index is 11.6. The third-order valence-corrected chi connectivity index (χ3v) is 2.90. The minimum Gasteiger partial charge on any atom is -0.298 e. The Hall–Kier alpha value is -1.22. The Morgan fingerprint density at radius 1 is 1.38 bits per heavy atom. The van der Waals surface area contributed by atoms with Gasteiger partial charge in [0.2, 0.25) is 0 Å². The normalized spacial score (nSPS) is 12.8. The number of pyridine rings is 1. The molecule has 0 aliphatic heterocycles. The quantitative estimate of drug-likeness (QED) is 0.737. The monoisotopic (exact) mass is 220 g/mol. The highest BCUT2D eigenvalue weighted by Gasteiger charge is 2.18. The lowest BCUT2D eigenvalue weighted by atomic mass is 10.1. The molecule has 1 aromatic heterocycles. The molecule has 0 aliphatic rings. The Kier molecular flexibility index (Phi) is 5.12. The minimum atomic E-state index is 0.00293. The summed E-state index contributed by atoms with van der Waals surface area (Å²) in [5, 5.41) is 0. The molecule has 1 unspecified atom stereocenters. The molecule has 16 heavy (non-hydrogen) atoms. The number of rotatable bonds is 6. The number of carbonyl (C=O) groups is 1. The molecule has 1 atom stereocenters. The molecule has 0 aliphatic carbocycles. The standard InChI is InChI=1S/C13H20N2O/c1-4-13(16)11(3)15(5-2)10-12-6-8-14-9-7-12/h6-9,11H,4-5,10H2,1-3H3. The van der Waals surface area contributed by atoms with Crippen molar-refractivity contribution in [1.82, 2.24) is 9.88 Å². The molecule has 0 radical (unpaired) electrons. The maximum Gasteiger partial charge on any atom is 0.149 e. The Bertz CT molecular complexity index is 324. The van der Waals surface area contributed by atoms with E-state index < -0.39 is 0 Å². The lowest BCUT2D eigenvalue weighted by Gasteiger charge is -2.26. The third kappa shape index (κ3) is 3.42. The molecule has 88 valence electrons. The van der Waals surface area contributed by atoms with Gasteiger partial charge in [0, 0.05) is 25.4 Å². The van der Waals surface area contributed by atoms with Crippen LogP contribution in [0, 0.1) is 0 Å². The van der Waals surface area contributed by atoms with Crippen LogP contribution in [-0.2, 0) is 11.3 Å². The molecule has 0 saturated carbocycles. The van der Waals surface area contributed by atoms with Crippen LogP contribution in [0.5, 0.6) is 0 Å². The molecule has 0 bridgehead atoms. The van der Waals surface area contributed by atoms with Crippen molar-refractivity contribution in [1.29, 1.82) is 0 Å². The van der Waals surface area contributed by atoms with Crippen molar-refractivity contribution in [2.24, 2.45) is 0 Å². The summed E-state index contributed by atoms with van der Waals surface area (Å²) in [6, 6.07) is 3.99. The molecule has 0 aromatic carbocycles. The Morgan fingerprint density at radius 3 is 2.50 bits per heavy atom. The van der Waals surface area contributed by atoms with Crippen LogP contribution in [-0.4, -0.2) is 28.3 Å². The van der Waals surface area contributed by atoms with Gasteiger partial charge < -0.3 is 0 Å². The number of ketones is 1. The lowest BCUT2D eigenvalue weighted by molar-refractivity contribution is -0.123. The van der Waals surface area contributed by atoms with E-state index in [-0.39, 0.29) is 6.04 Å². The van der Waals surface area contributed by atoms with Gasteiger partial charge in [0.1, 0.15) is 5.78 Å². The number of likely N-dealkylation sites (N-methyl/N-ethyl adjacent to an activating group) is 1. The SMILES string of the molecule is CCC(=O)C(C)N(CC)Cc1ccncc1. The molecule has 1 heterocycles. The van der Waals surface area contributed by atoms with Crippen molar-refractivity contribution in [2.45, 2.75) is 39.8 Å². The van der Waals surface area contributed by atoms with Crippen molar-refractivity contribution in [2.75, 3.05) is 6.54 Å². The number of aromatic nitrogens is 1. The highest BCUT2D eigenvalue weighted by molar-refractivity contribution is 5.83. The van der Waals surface area contributed by atoms with E-state index in [1.807, 2.05) is 26.0 Å². The topological polar surface area (TPSA) is 33.2 Å². The molecular weight excluding hydrogens is 200 g/mol. The molecule has 3 nitrogen and oxygen atoms in total. The first-order chi connectivity index (χ1) is 7.69. The zero-order chi connectivity index (χ0) is 12.0. The summed E-state index contributed by atoms with van der Waals surface area (Å²) in [4.78, 5) is 17.8. The van der Waals surface area contributed by atoms with E-state index in [0.717, 1.165) is 13.1 Å². The van der Waals surface area contributed by atoms with Crippen LogP contribution < -0.4 is 0 Å². The Balaban J connectivity index is 2.65. The smallest absolute Gasteiger partial charge is 0.149 e. The van der Waals surface area contributed by atoms with E-state index in [1.165, 1.54) is 5.56 Å². The molecule has 0 N–H and O–H groups in total. The summed E-state index contributed by atoms with van der Waals surface area (Å²) < 4.78 is 0. The first kappa shape index (κ1) is 12.8. The van der Waals surface area contributed by atoms with Crippen LogP contribution in [0.3, 0.4) is 0 Å². The van der Waals surface area contributed by atoms with E-state index >= 15 is 0 Å². The molecule has 0 amide bonds. The first-order valence-electron chi connectivity index (χ1n) is 5.84. The van der Waals surface area contributed by atoms with Crippen molar-refractivity contribution in [3.63, 3.8) is 0 Å². The van der Waals surface area contributed by atoms with Gasteiger partial charge in [-0.15, -0.1) is 0 Å². The molecule has 1 rings (SSSR count). The van der Waals surface area contributed by atoms with Crippen LogP contribution >= 0.6 is 0 Å². The van der Waals surface area contributed by atoms with Crippen LogP contribution in [0.1, 0.15) is 32.8 Å². The van der Waals surface area contributed by atoms with Gasteiger partial charge >= 0.3 is 0 Å². The fourth-order valence-electron chi connectivity index (χ4n) is 1.74. The molecule has 0 fully saturated rings. The van der Waals surface area contributed by atoms with E-state index in [4.69, 9.17) is 0 Å². The second-order valence-corrected chi connectivity index (χ2v) is 3.91. The molecule has 0 saturated heterocycles. The highest BCUT2D eigenvalue weighted by atomic mass is 16.1. The first-order valence-corrected chi connectivity index (χ1v) is 5.84.